The lowest BCUT2D eigenvalue weighted by Crippen LogP contribution is -2.43. The second-order valence-electron chi connectivity index (χ2n) is 12.7. The second kappa shape index (κ2) is 12.0. The third-order valence-corrected chi connectivity index (χ3v) is 10.5. The molecule has 0 aromatic heterocycles. The summed E-state index contributed by atoms with van der Waals surface area (Å²) in [5, 5.41) is 9.19. The average molecular weight is 619 g/mol. The maximum absolute atomic E-state index is 14.3. The first-order chi connectivity index (χ1) is 22.4. The number of carbonyl (C=O) groups excluding carboxylic acids is 4. The summed E-state index contributed by atoms with van der Waals surface area (Å²) in [5.41, 5.74) is 5.17. The van der Waals surface area contributed by atoms with Crippen molar-refractivity contribution in [2.75, 3.05) is 23.0 Å². The summed E-state index contributed by atoms with van der Waals surface area (Å²) < 4.78 is 5.59. The first-order valence-corrected chi connectivity index (χ1v) is 16.3. The number of carbonyl (C=O) groups is 4. The molecule has 2 aliphatic carbocycles. The highest BCUT2D eigenvalue weighted by atomic mass is 16.5. The lowest BCUT2D eigenvalue weighted by molar-refractivity contribution is -0.126. The van der Waals surface area contributed by atoms with Crippen molar-refractivity contribution in [2.45, 2.75) is 45.4 Å². The Balaban J connectivity index is 1.28. The number of allylic oxidation sites excluding steroid dienone is 2. The van der Waals surface area contributed by atoms with E-state index >= 15 is 0 Å². The van der Waals surface area contributed by atoms with Gasteiger partial charge in [0.25, 0.3) is 0 Å². The molecule has 7 rings (SSSR count). The van der Waals surface area contributed by atoms with Crippen molar-refractivity contribution in [3.63, 3.8) is 0 Å². The lowest BCUT2D eigenvalue weighted by atomic mass is 9.57. The number of anilines is 2. The third-order valence-electron chi connectivity index (χ3n) is 10.5. The van der Waals surface area contributed by atoms with E-state index in [1.165, 1.54) is 9.80 Å². The number of benzene rings is 3. The number of aliphatic hydroxyl groups is 1. The Bertz CT molecular complexity index is 1710. The van der Waals surface area contributed by atoms with E-state index < -0.39 is 29.6 Å². The summed E-state index contributed by atoms with van der Waals surface area (Å²) in [6.45, 7) is 4.17. The molecular formula is C38H38N2O6. The zero-order valence-electron chi connectivity index (χ0n) is 26.1. The molecule has 0 spiro atoms. The number of aryl methyl sites for hydroxylation is 2. The third kappa shape index (κ3) is 4.78. The van der Waals surface area contributed by atoms with Crippen molar-refractivity contribution < 1.29 is 29.0 Å². The number of amides is 4. The molecule has 236 valence electrons. The fourth-order valence-corrected chi connectivity index (χ4v) is 8.17. The molecule has 2 heterocycles. The Morgan fingerprint density at radius 1 is 0.674 bits per heavy atom. The van der Waals surface area contributed by atoms with Crippen molar-refractivity contribution in [2.24, 2.45) is 29.6 Å². The fraction of sp³-hybridized carbons (Fsp3) is 0.368. The fourth-order valence-electron chi connectivity index (χ4n) is 8.17. The van der Waals surface area contributed by atoms with Crippen LogP contribution in [-0.2, 0) is 32.0 Å². The zero-order valence-corrected chi connectivity index (χ0v) is 26.1. The van der Waals surface area contributed by atoms with Gasteiger partial charge in [0.1, 0.15) is 12.4 Å². The van der Waals surface area contributed by atoms with Crippen LogP contribution in [-0.4, -0.2) is 41.9 Å². The summed E-state index contributed by atoms with van der Waals surface area (Å²) in [4.78, 5) is 59.2. The average Bonchev–Trinajstić information content (AvgIpc) is 3.50. The molecule has 4 amide bonds. The van der Waals surface area contributed by atoms with Crippen LogP contribution in [0.25, 0.3) is 0 Å². The minimum atomic E-state index is -0.633. The van der Waals surface area contributed by atoms with Gasteiger partial charge in [0.15, 0.2) is 0 Å². The number of hydrogen-bond acceptors (Lipinski definition) is 6. The highest BCUT2D eigenvalue weighted by Gasteiger charge is 2.62. The Morgan fingerprint density at radius 2 is 1.22 bits per heavy atom. The minimum Gasteiger partial charge on any atom is -0.491 e. The van der Waals surface area contributed by atoms with E-state index in [1.807, 2.05) is 72.8 Å². The van der Waals surface area contributed by atoms with Crippen LogP contribution in [0, 0.1) is 29.6 Å². The number of rotatable bonds is 8. The van der Waals surface area contributed by atoms with Crippen LogP contribution in [0.15, 0.2) is 84.4 Å². The molecule has 0 bridgehead atoms. The summed E-state index contributed by atoms with van der Waals surface area (Å²) in [5.74, 6) is -3.50. The van der Waals surface area contributed by atoms with Gasteiger partial charge in [-0.15, -0.1) is 0 Å². The number of hydrogen-bond donors (Lipinski definition) is 1. The molecule has 0 radical (unpaired) electrons. The van der Waals surface area contributed by atoms with Gasteiger partial charge in [0.2, 0.25) is 23.6 Å². The van der Waals surface area contributed by atoms with Gasteiger partial charge in [-0.25, -0.2) is 0 Å². The van der Waals surface area contributed by atoms with Gasteiger partial charge in [-0.05, 0) is 84.7 Å². The van der Waals surface area contributed by atoms with Crippen LogP contribution in [0.2, 0.25) is 0 Å². The zero-order chi connectivity index (χ0) is 32.1. The van der Waals surface area contributed by atoms with Crippen LogP contribution >= 0.6 is 0 Å². The standard InChI is InChI=1S/C38H38N2O6/c1-3-22-5-11-25(12-6-22)39-35(42)29-18-17-28-30(33(29)37(39)44)21-31-34(32(28)24-9-15-27(16-10-24)46-20-19-41)38(45)40(36(31)43)26-13-7-23(4-2)8-14-26/h5-17,29-34,41H,3-4,18-21H2,1-2H3. The van der Waals surface area contributed by atoms with E-state index in [1.54, 1.807) is 0 Å². The van der Waals surface area contributed by atoms with Crippen LogP contribution in [0.1, 0.15) is 49.3 Å². The Kier molecular flexibility index (Phi) is 7.85. The quantitative estimate of drug-likeness (QED) is 0.274. The molecule has 6 unspecified atom stereocenters. The number of ether oxygens (including phenoxy) is 1. The molecular weight excluding hydrogens is 580 g/mol. The number of aliphatic hydroxyl groups excluding tert-OH is 1. The van der Waals surface area contributed by atoms with E-state index in [4.69, 9.17) is 4.74 Å². The molecule has 3 fully saturated rings. The monoisotopic (exact) mass is 618 g/mol. The molecule has 2 aliphatic heterocycles. The van der Waals surface area contributed by atoms with E-state index in [-0.39, 0.29) is 42.8 Å². The Hall–Kier alpha value is -4.56. The van der Waals surface area contributed by atoms with Crippen molar-refractivity contribution in [3.8, 4) is 5.75 Å². The highest BCUT2D eigenvalue weighted by molar-refractivity contribution is 6.24. The van der Waals surface area contributed by atoms with Crippen molar-refractivity contribution in [3.05, 3.63) is 101 Å². The van der Waals surface area contributed by atoms with E-state index in [2.05, 4.69) is 19.9 Å². The van der Waals surface area contributed by atoms with Crippen molar-refractivity contribution >= 4 is 35.0 Å². The Morgan fingerprint density at radius 3 is 1.76 bits per heavy atom. The van der Waals surface area contributed by atoms with Crippen molar-refractivity contribution in [1.29, 1.82) is 0 Å². The Labute approximate surface area is 268 Å². The predicted octanol–water partition coefficient (Wildman–Crippen LogP) is 5.23. The first-order valence-electron chi connectivity index (χ1n) is 16.3. The molecule has 6 atom stereocenters. The number of fused-ring (bicyclic) bond motifs is 4. The predicted molar refractivity (Wildman–Crippen MR) is 173 cm³/mol. The summed E-state index contributed by atoms with van der Waals surface area (Å²) >= 11 is 0. The van der Waals surface area contributed by atoms with Crippen molar-refractivity contribution in [1.82, 2.24) is 0 Å². The summed E-state index contributed by atoms with van der Waals surface area (Å²) in [7, 11) is 0. The molecule has 4 aliphatic rings. The van der Waals surface area contributed by atoms with E-state index in [0.717, 1.165) is 35.1 Å². The molecule has 2 saturated heterocycles. The van der Waals surface area contributed by atoms with Gasteiger partial charge >= 0.3 is 0 Å². The number of nitrogens with zero attached hydrogens (tertiary/aromatic N) is 2. The molecule has 3 aromatic carbocycles. The SMILES string of the molecule is CCc1ccc(N2C(=O)C3CC=C4C(CC5C(=O)N(c6ccc(CC)cc6)C(=O)C5C4c4ccc(OCCO)cc4)C3C2=O)cc1. The number of imide groups is 2. The maximum Gasteiger partial charge on any atom is 0.238 e. The molecule has 8 nitrogen and oxygen atoms in total. The smallest absolute Gasteiger partial charge is 0.238 e. The van der Waals surface area contributed by atoms with Gasteiger partial charge in [-0.3, -0.25) is 29.0 Å². The van der Waals surface area contributed by atoms with E-state index in [9.17, 15) is 24.3 Å². The molecule has 46 heavy (non-hydrogen) atoms. The van der Waals surface area contributed by atoms with Gasteiger partial charge in [0, 0.05) is 5.92 Å². The normalized spacial score (nSPS) is 27.0. The molecule has 1 saturated carbocycles. The van der Waals surface area contributed by atoms with Gasteiger partial charge < -0.3 is 9.84 Å². The highest BCUT2D eigenvalue weighted by Crippen LogP contribution is 2.58. The summed E-state index contributed by atoms with van der Waals surface area (Å²) in [6.07, 6.45) is 4.50. The van der Waals surface area contributed by atoms with Crippen LogP contribution in [0.3, 0.4) is 0 Å². The van der Waals surface area contributed by atoms with Gasteiger partial charge in [-0.1, -0.05) is 61.9 Å². The topological polar surface area (TPSA) is 104 Å². The second-order valence-corrected chi connectivity index (χ2v) is 12.7. The van der Waals surface area contributed by atoms with Gasteiger partial charge in [0.05, 0.1) is 41.7 Å². The summed E-state index contributed by atoms with van der Waals surface area (Å²) in [6, 6.07) is 22.5. The molecule has 8 heteroatoms. The molecule has 1 N–H and O–H groups in total. The van der Waals surface area contributed by atoms with E-state index in [0.29, 0.717) is 30.0 Å². The lowest BCUT2D eigenvalue weighted by Gasteiger charge is -2.44. The largest absolute Gasteiger partial charge is 0.491 e. The van der Waals surface area contributed by atoms with Crippen LogP contribution in [0.4, 0.5) is 11.4 Å². The van der Waals surface area contributed by atoms with Crippen LogP contribution in [0.5, 0.6) is 5.75 Å². The minimum absolute atomic E-state index is 0.108. The maximum atomic E-state index is 14.3. The van der Waals surface area contributed by atoms with Gasteiger partial charge in [-0.2, -0.15) is 0 Å². The molecule has 3 aromatic rings. The first kappa shape index (κ1) is 30.1. The van der Waals surface area contributed by atoms with Crippen LogP contribution < -0.4 is 14.5 Å².